The standard InChI is InChI=1S/C16H25NO3/c1-19-11-9-17(12-15-8-10-20-13-15)16(18)7-6-14-4-2-3-5-14/h8,10,13-14H,2-7,9,11-12H2,1H3. The molecule has 1 saturated carbocycles. The molecule has 1 aromatic rings. The van der Waals surface area contributed by atoms with E-state index < -0.39 is 0 Å². The van der Waals surface area contributed by atoms with E-state index in [9.17, 15) is 4.79 Å². The van der Waals surface area contributed by atoms with Gasteiger partial charge in [-0.15, -0.1) is 0 Å². The highest BCUT2D eigenvalue weighted by molar-refractivity contribution is 5.76. The van der Waals surface area contributed by atoms with Gasteiger partial charge in [-0.25, -0.2) is 0 Å². The molecule has 112 valence electrons. The zero-order chi connectivity index (χ0) is 14.2. The predicted molar refractivity (Wildman–Crippen MR) is 77.2 cm³/mol. The number of carbonyl (C=O) groups is 1. The molecule has 1 aromatic heterocycles. The Morgan fingerprint density at radius 2 is 2.25 bits per heavy atom. The van der Waals surface area contributed by atoms with Gasteiger partial charge in [-0.1, -0.05) is 25.7 Å². The zero-order valence-corrected chi connectivity index (χ0v) is 12.3. The fraction of sp³-hybridized carbons (Fsp3) is 0.688. The van der Waals surface area contributed by atoms with Crippen LogP contribution in [-0.2, 0) is 16.1 Å². The SMILES string of the molecule is COCCN(Cc1ccoc1)C(=O)CCC1CCCC1. The van der Waals surface area contributed by atoms with E-state index in [4.69, 9.17) is 9.15 Å². The van der Waals surface area contributed by atoms with Gasteiger partial charge in [0.2, 0.25) is 5.91 Å². The second-order valence-electron chi connectivity index (χ2n) is 5.63. The first kappa shape index (κ1) is 15.1. The van der Waals surface area contributed by atoms with E-state index in [0.29, 0.717) is 26.1 Å². The van der Waals surface area contributed by atoms with Gasteiger partial charge in [-0.3, -0.25) is 4.79 Å². The van der Waals surface area contributed by atoms with Crippen LogP contribution in [0.2, 0.25) is 0 Å². The van der Waals surface area contributed by atoms with E-state index >= 15 is 0 Å². The third-order valence-electron chi connectivity index (χ3n) is 4.11. The van der Waals surface area contributed by atoms with Crippen LogP contribution in [0, 0.1) is 5.92 Å². The Balaban J connectivity index is 1.82. The van der Waals surface area contributed by atoms with Crippen molar-refractivity contribution in [3.8, 4) is 0 Å². The highest BCUT2D eigenvalue weighted by Gasteiger charge is 2.19. The third-order valence-corrected chi connectivity index (χ3v) is 4.11. The number of carbonyl (C=O) groups excluding carboxylic acids is 1. The maximum Gasteiger partial charge on any atom is 0.222 e. The summed E-state index contributed by atoms with van der Waals surface area (Å²) in [5.41, 5.74) is 1.04. The van der Waals surface area contributed by atoms with Crippen LogP contribution >= 0.6 is 0 Å². The minimum absolute atomic E-state index is 0.232. The molecule has 0 aliphatic heterocycles. The van der Waals surface area contributed by atoms with Gasteiger partial charge < -0.3 is 14.1 Å². The first-order valence-corrected chi connectivity index (χ1v) is 7.57. The van der Waals surface area contributed by atoms with Crippen LogP contribution in [0.1, 0.15) is 44.1 Å². The predicted octanol–water partition coefficient (Wildman–Crippen LogP) is 3.23. The van der Waals surface area contributed by atoms with Crippen molar-refractivity contribution in [2.45, 2.75) is 45.1 Å². The number of nitrogens with zero attached hydrogens (tertiary/aromatic N) is 1. The van der Waals surface area contributed by atoms with Crippen LogP contribution < -0.4 is 0 Å². The van der Waals surface area contributed by atoms with Gasteiger partial charge >= 0.3 is 0 Å². The van der Waals surface area contributed by atoms with Crippen LogP contribution in [0.25, 0.3) is 0 Å². The van der Waals surface area contributed by atoms with Crippen molar-refractivity contribution in [1.29, 1.82) is 0 Å². The van der Waals surface area contributed by atoms with E-state index in [1.165, 1.54) is 25.7 Å². The molecule has 1 fully saturated rings. The highest BCUT2D eigenvalue weighted by Crippen LogP contribution is 2.28. The van der Waals surface area contributed by atoms with Gasteiger partial charge in [0.1, 0.15) is 0 Å². The average molecular weight is 279 g/mol. The largest absolute Gasteiger partial charge is 0.472 e. The molecule has 0 bridgehead atoms. The summed E-state index contributed by atoms with van der Waals surface area (Å²) in [4.78, 5) is 14.3. The quantitative estimate of drug-likeness (QED) is 0.733. The van der Waals surface area contributed by atoms with Crippen molar-refractivity contribution in [2.75, 3.05) is 20.3 Å². The Hall–Kier alpha value is -1.29. The number of amides is 1. The number of methoxy groups -OCH3 is 1. The minimum Gasteiger partial charge on any atom is -0.472 e. The number of hydrogen-bond donors (Lipinski definition) is 0. The van der Waals surface area contributed by atoms with E-state index in [-0.39, 0.29) is 5.91 Å². The van der Waals surface area contributed by atoms with Crippen molar-refractivity contribution >= 4 is 5.91 Å². The van der Waals surface area contributed by atoms with Crippen molar-refractivity contribution in [3.63, 3.8) is 0 Å². The Bertz CT molecular complexity index is 382. The summed E-state index contributed by atoms with van der Waals surface area (Å²) < 4.78 is 10.2. The van der Waals surface area contributed by atoms with Gasteiger partial charge in [0.25, 0.3) is 0 Å². The number of furan rings is 1. The van der Waals surface area contributed by atoms with E-state index in [1.807, 2.05) is 11.0 Å². The smallest absolute Gasteiger partial charge is 0.222 e. The topological polar surface area (TPSA) is 42.7 Å². The summed E-state index contributed by atoms with van der Waals surface area (Å²) in [7, 11) is 1.67. The molecule has 1 aliphatic rings. The minimum atomic E-state index is 0.232. The summed E-state index contributed by atoms with van der Waals surface area (Å²) in [6.45, 7) is 1.83. The number of rotatable bonds is 8. The van der Waals surface area contributed by atoms with Gasteiger partial charge in [0, 0.05) is 32.2 Å². The Kier molecular flexibility index (Phi) is 6.12. The molecule has 4 nitrogen and oxygen atoms in total. The molecule has 0 unspecified atom stereocenters. The molecule has 0 saturated heterocycles. The molecule has 1 amide bonds. The lowest BCUT2D eigenvalue weighted by Crippen LogP contribution is -2.33. The van der Waals surface area contributed by atoms with Crippen LogP contribution in [0.15, 0.2) is 23.0 Å². The van der Waals surface area contributed by atoms with Crippen LogP contribution in [0.5, 0.6) is 0 Å². The lowest BCUT2D eigenvalue weighted by atomic mass is 10.0. The second kappa shape index (κ2) is 8.10. The van der Waals surface area contributed by atoms with Crippen molar-refractivity contribution in [1.82, 2.24) is 4.90 Å². The first-order valence-electron chi connectivity index (χ1n) is 7.57. The molecule has 20 heavy (non-hydrogen) atoms. The van der Waals surface area contributed by atoms with Gasteiger partial charge in [-0.2, -0.15) is 0 Å². The molecular formula is C16H25NO3. The molecule has 0 N–H and O–H groups in total. The molecule has 0 spiro atoms. The van der Waals surface area contributed by atoms with Gasteiger partial charge in [-0.05, 0) is 18.4 Å². The summed E-state index contributed by atoms with van der Waals surface area (Å²) in [6.07, 6.45) is 10.3. The Labute approximate surface area is 121 Å². The number of ether oxygens (including phenoxy) is 1. The van der Waals surface area contributed by atoms with Crippen LogP contribution in [-0.4, -0.2) is 31.1 Å². The van der Waals surface area contributed by atoms with Crippen molar-refractivity contribution in [2.24, 2.45) is 5.92 Å². The summed E-state index contributed by atoms with van der Waals surface area (Å²) in [5, 5.41) is 0. The summed E-state index contributed by atoms with van der Waals surface area (Å²) >= 11 is 0. The van der Waals surface area contributed by atoms with E-state index in [0.717, 1.165) is 17.9 Å². The van der Waals surface area contributed by atoms with Gasteiger partial charge in [0.15, 0.2) is 0 Å². The lowest BCUT2D eigenvalue weighted by Gasteiger charge is -2.22. The lowest BCUT2D eigenvalue weighted by molar-refractivity contribution is -0.132. The number of hydrogen-bond acceptors (Lipinski definition) is 3. The third kappa shape index (κ3) is 4.67. The van der Waals surface area contributed by atoms with E-state index in [2.05, 4.69) is 0 Å². The molecule has 0 aromatic carbocycles. The molecule has 1 aliphatic carbocycles. The molecular weight excluding hydrogens is 254 g/mol. The van der Waals surface area contributed by atoms with Crippen molar-refractivity contribution < 1.29 is 13.9 Å². The molecule has 0 atom stereocenters. The zero-order valence-electron chi connectivity index (χ0n) is 12.3. The molecule has 0 radical (unpaired) electrons. The molecule has 1 heterocycles. The monoisotopic (exact) mass is 279 g/mol. The average Bonchev–Trinajstić information content (AvgIpc) is 3.13. The molecule has 2 rings (SSSR count). The van der Waals surface area contributed by atoms with Gasteiger partial charge in [0.05, 0.1) is 19.1 Å². The van der Waals surface area contributed by atoms with Crippen LogP contribution in [0.3, 0.4) is 0 Å². The fourth-order valence-electron chi connectivity index (χ4n) is 2.88. The maximum absolute atomic E-state index is 12.4. The molecule has 4 heteroatoms. The Morgan fingerprint density at radius 1 is 1.45 bits per heavy atom. The highest BCUT2D eigenvalue weighted by atomic mass is 16.5. The maximum atomic E-state index is 12.4. The first-order chi connectivity index (χ1) is 9.79. The Morgan fingerprint density at radius 3 is 2.90 bits per heavy atom. The van der Waals surface area contributed by atoms with E-state index in [1.54, 1.807) is 19.6 Å². The summed E-state index contributed by atoms with van der Waals surface area (Å²) in [5.74, 6) is 0.993. The fourth-order valence-corrected chi connectivity index (χ4v) is 2.88. The summed E-state index contributed by atoms with van der Waals surface area (Å²) in [6, 6.07) is 1.91. The normalized spacial score (nSPS) is 15.7. The second-order valence-corrected chi connectivity index (χ2v) is 5.63. The van der Waals surface area contributed by atoms with Crippen LogP contribution in [0.4, 0.5) is 0 Å². The van der Waals surface area contributed by atoms with Crippen molar-refractivity contribution in [3.05, 3.63) is 24.2 Å².